The number of sulfonamides is 1. The van der Waals surface area contributed by atoms with Crippen molar-refractivity contribution in [3.8, 4) is 11.4 Å². The number of aromatic amines is 1. The van der Waals surface area contributed by atoms with Gasteiger partial charge in [-0.05, 0) is 35.7 Å². The Kier molecular flexibility index (Phi) is 7.35. The van der Waals surface area contributed by atoms with Gasteiger partial charge >= 0.3 is 0 Å². The van der Waals surface area contributed by atoms with Crippen LogP contribution in [0.4, 0.5) is 0 Å². The molecule has 3 aromatic carbocycles. The number of H-pyrrole nitrogens is 1. The second-order valence-electron chi connectivity index (χ2n) is 8.68. The standard InChI is InChI=1S/C26H27N5O3S2/c32-25(27-14-16-35-26-28-24(29-30-26)20-8-2-1-3-9-20)22-11-6-15-31(18-22)36(33,34)23-13-12-19-7-4-5-10-21(19)17-23/h1-5,7-10,12-13,17,22H,6,11,14-16,18H2,(H,27,32)(H,28,29,30)/t22-/m0/s1. The molecular formula is C26H27N5O3S2. The zero-order chi connectivity index (χ0) is 25.0. The molecule has 4 aromatic rings. The number of rotatable bonds is 8. The highest BCUT2D eigenvalue weighted by Gasteiger charge is 2.33. The topological polar surface area (TPSA) is 108 Å². The quantitative estimate of drug-likeness (QED) is 0.269. The van der Waals surface area contributed by atoms with Crippen LogP contribution in [0.2, 0.25) is 0 Å². The van der Waals surface area contributed by atoms with Crippen molar-refractivity contribution in [2.45, 2.75) is 22.9 Å². The molecule has 2 heterocycles. The first-order chi connectivity index (χ1) is 17.5. The summed E-state index contributed by atoms with van der Waals surface area (Å²) in [6.07, 6.45) is 1.32. The largest absolute Gasteiger partial charge is 0.355 e. The summed E-state index contributed by atoms with van der Waals surface area (Å²) in [7, 11) is -3.67. The van der Waals surface area contributed by atoms with E-state index in [0.29, 0.717) is 42.7 Å². The number of fused-ring (bicyclic) bond motifs is 1. The minimum Gasteiger partial charge on any atom is -0.355 e. The highest BCUT2D eigenvalue weighted by Crippen LogP contribution is 2.26. The van der Waals surface area contributed by atoms with Crippen LogP contribution < -0.4 is 5.32 Å². The third kappa shape index (κ3) is 5.45. The van der Waals surface area contributed by atoms with Gasteiger partial charge in [0, 0.05) is 31.0 Å². The van der Waals surface area contributed by atoms with Crippen LogP contribution in [0.15, 0.2) is 82.8 Å². The Bertz CT molecular complexity index is 1460. The molecule has 1 fully saturated rings. The molecular weight excluding hydrogens is 494 g/mol. The van der Waals surface area contributed by atoms with Gasteiger partial charge in [-0.15, -0.1) is 5.10 Å². The van der Waals surface area contributed by atoms with Gasteiger partial charge in [-0.3, -0.25) is 9.89 Å². The van der Waals surface area contributed by atoms with E-state index in [2.05, 4.69) is 20.5 Å². The zero-order valence-corrected chi connectivity index (χ0v) is 21.3. The molecule has 10 heteroatoms. The van der Waals surface area contributed by atoms with Crippen molar-refractivity contribution in [3.05, 3.63) is 72.8 Å². The third-order valence-corrected chi connectivity index (χ3v) is 8.97. The summed E-state index contributed by atoms with van der Waals surface area (Å²) < 4.78 is 28.0. The van der Waals surface area contributed by atoms with E-state index in [4.69, 9.17) is 0 Å². The molecule has 1 aliphatic rings. The van der Waals surface area contributed by atoms with Crippen molar-refractivity contribution >= 4 is 38.5 Å². The summed E-state index contributed by atoms with van der Waals surface area (Å²) in [4.78, 5) is 17.5. The van der Waals surface area contributed by atoms with Crippen molar-refractivity contribution in [1.82, 2.24) is 24.8 Å². The Morgan fingerprint density at radius 1 is 1.06 bits per heavy atom. The average Bonchev–Trinajstić information content (AvgIpc) is 3.40. The second-order valence-corrected chi connectivity index (χ2v) is 11.7. The first kappa shape index (κ1) is 24.5. The molecule has 0 aliphatic carbocycles. The molecule has 1 atom stereocenters. The van der Waals surface area contributed by atoms with Gasteiger partial charge in [0.1, 0.15) is 0 Å². The SMILES string of the molecule is O=C(NCCSc1n[nH]c(-c2ccccc2)n1)[C@H]1CCCN(S(=O)(=O)c2ccc3ccccc3c2)C1. The van der Waals surface area contributed by atoms with Crippen molar-refractivity contribution in [2.24, 2.45) is 5.92 Å². The van der Waals surface area contributed by atoms with E-state index in [1.807, 2.05) is 60.7 Å². The van der Waals surface area contributed by atoms with Gasteiger partial charge in [-0.1, -0.05) is 72.4 Å². The van der Waals surface area contributed by atoms with Crippen LogP contribution in [0.25, 0.3) is 22.2 Å². The number of carbonyl (C=O) groups is 1. The normalized spacial score (nSPS) is 16.7. The molecule has 1 amide bonds. The van der Waals surface area contributed by atoms with Crippen molar-refractivity contribution in [3.63, 3.8) is 0 Å². The molecule has 0 unspecified atom stereocenters. The van der Waals surface area contributed by atoms with Crippen molar-refractivity contribution in [1.29, 1.82) is 0 Å². The summed E-state index contributed by atoms with van der Waals surface area (Å²) >= 11 is 1.45. The number of hydrogen-bond donors (Lipinski definition) is 2. The maximum Gasteiger partial charge on any atom is 0.243 e. The van der Waals surface area contributed by atoms with Gasteiger partial charge in [-0.25, -0.2) is 13.4 Å². The van der Waals surface area contributed by atoms with Gasteiger partial charge in [0.25, 0.3) is 0 Å². The van der Waals surface area contributed by atoms with Crippen LogP contribution in [0.3, 0.4) is 0 Å². The Hall–Kier alpha value is -3.21. The molecule has 0 saturated carbocycles. The number of piperidine rings is 1. The Labute approximate surface area is 214 Å². The smallest absolute Gasteiger partial charge is 0.243 e. The van der Waals surface area contributed by atoms with Crippen molar-refractivity contribution in [2.75, 3.05) is 25.4 Å². The summed E-state index contributed by atoms with van der Waals surface area (Å²) in [6.45, 7) is 1.06. The van der Waals surface area contributed by atoms with E-state index in [9.17, 15) is 13.2 Å². The molecule has 0 bridgehead atoms. The van der Waals surface area contributed by atoms with Crippen molar-refractivity contribution < 1.29 is 13.2 Å². The summed E-state index contributed by atoms with van der Waals surface area (Å²) in [6, 6.07) is 22.6. The average molecular weight is 522 g/mol. The van der Waals surface area contributed by atoms with Gasteiger partial charge in [-0.2, -0.15) is 4.31 Å². The second kappa shape index (κ2) is 10.8. The number of aromatic nitrogens is 3. The molecule has 2 N–H and O–H groups in total. The predicted molar refractivity (Wildman–Crippen MR) is 141 cm³/mol. The molecule has 8 nitrogen and oxygen atoms in total. The van der Waals surface area contributed by atoms with Gasteiger partial charge in [0.2, 0.25) is 21.1 Å². The lowest BCUT2D eigenvalue weighted by Gasteiger charge is -2.31. The predicted octanol–water partition coefficient (Wildman–Crippen LogP) is 3.93. The highest BCUT2D eigenvalue weighted by molar-refractivity contribution is 7.99. The molecule has 1 aromatic heterocycles. The molecule has 0 spiro atoms. The number of nitrogens with one attached hydrogen (secondary N) is 2. The van der Waals surface area contributed by atoms with Crippen LogP contribution in [0, 0.1) is 5.92 Å². The maximum atomic E-state index is 13.3. The number of benzene rings is 3. The first-order valence-corrected chi connectivity index (χ1v) is 14.3. The summed E-state index contributed by atoms with van der Waals surface area (Å²) in [5, 5.41) is 12.6. The molecule has 1 saturated heterocycles. The number of nitrogens with zero attached hydrogens (tertiary/aromatic N) is 3. The monoisotopic (exact) mass is 521 g/mol. The Morgan fingerprint density at radius 3 is 2.67 bits per heavy atom. The lowest BCUT2D eigenvalue weighted by atomic mass is 9.99. The van der Waals surface area contributed by atoms with E-state index in [-0.39, 0.29) is 23.3 Å². The summed E-state index contributed by atoms with van der Waals surface area (Å²) in [5.74, 6) is 0.835. The third-order valence-electron chi connectivity index (χ3n) is 6.26. The van der Waals surface area contributed by atoms with E-state index in [0.717, 1.165) is 16.3 Å². The Balaban J connectivity index is 1.14. The molecule has 36 heavy (non-hydrogen) atoms. The van der Waals surface area contributed by atoms with Crippen LogP contribution in [0.1, 0.15) is 12.8 Å². The maximum absolute atomic E-state index is 13.3. The fraction of sp³-hybridized carbons (Fsp3) is 0.269. The lowest BCUT2D eigenvalue weighted by molar-refractivity contribution is -0.125. The lowest BCUT2D eigenvalue weighted by Crippen LogP contribution is -2.45. The number of amides is 1. The van der Waals surface area contributed by atoms with Gasteiger partial charge < -0.3 is 5.32 Å². The molecule has 186 valence electrons. The van der Waals surface area contributed by atoms with Crippen LogP contribution in [-0.2, 0) is 14.8 Å². The fourth-order valence-electron chi connectivity index (χ4n) is 4.35. The van der Waals surface area contributed by atoms with Gasteiger partial charge in [0.15, 0.2) is 5.82 Å². The minimum atomic E-state index is -3.67. The Morgan fingerprint density at radius 2 is 1.83 bits per heavy atom. The van der Waals surface area contributed by atoms with Crippen LogP contribution in [-0.4, -0.2) is 59.2 Å². The molecule has 0 radical (unpaired) electrons. The van der Waals surface area contributed by atoms with Crippen LogP contribution >= 0.6 is 11.8 Å². The number of hydrogen-bond acceptors (Lipinski definition) is 6. The van der Waals surface area contributed by atoms with E-state index in [1.54, 1.807) is 12.1 Å². The van der Waals surface area contributed by atoms with Gasteiger partial charge in [0.05, 0.1) is 10.8 Å². The zero-order valence-electron chi connectivity index (χ0n) is 19.6. The van der Waals surface area contributed by atoms with E-state index >= 15 is 0 Å². The van der Waals surface area contributed by atoms with E-state index < -0.39 is 10.0 Å². The number of carbonyl (C=O) groups excluding carboxylic acids is 1. The summed E-state index contributed by atoms with van der Waals surface area (Å²) in [5.41, 5.74) is 0.964. The first-order valence-electron chi connectivity index (χ1n) is 11.9. The number of thioether (sulfide) groups is 1. The van der Waals surface area contributed by atoms with E-state index in [1.165, 1.54) is 16.1 Å². The highest BCUT2D eigenvalue weighted by atomic mass is 32.2. The molecule has 5 rings (SSSR count). The fourth-order valence-corrected chi connectivity index (χ4v) is 6.56. The molecule has 1 aliphatic heterocycles. The minimum absolute atomic E-state index is 0.117. The van der Waals surface area contributed by atoms with Crippen LogP contribution in [0.5, 0.6) is 0 Å².